The molecule has 1 aromatic carbocycles. The summed E-state index contributed by atoms with van der Waals surface area (Å²) in [6.07, 6.45) is 1.62. The largest absolute Gasteiger partial charge is 0.294 e. The number of rotatable bonds is 3. The van der Waals surface area contributed by atoms with E-state index in [1.807, 2.05) is 0 Å². The number of aromatic nitrogens is 1. The number of hydrogen-bond acceptors (Lipinski definition) is 3. The molecule has 1 heterocycles. The molecule has 0 aliphatic carbocycles. The smallest absolute Gasteiger partial charge is 0.172 e. The van der Waals surface area contributed by atoms with Crippen LogP contribution in [0.1, 0.15) is 20.9 Å². The summed E-state index contributed by atoms with van der Waals surface area (Å²) in [6, 6.07) is 1.98. The molecule has 0 unspecified atom stereocenters. The Hall–Kier alpha value is -1.62. The average molecular weight is 253 g/mol. The van der Waals surface area contributed by atoms with Crippen molar-refractivity contribution in [2.45, 2.75) is 13.3 Å². The van der Waals surface area contributed by atoms with Crippen molar-refractivity contribution in [3.63, 3.8) is 0 Å². The first kappa shape index (κ1) is 11.9. The van der Waals surface area contributed by atoms with Gasteiger partial charge >= 0.3 is 0 Å². The van der Waals surface area contributed by atoms with Crippen molar-refractivity contribution in [3.05, 3.63) is 51.5 Å². The maximum Gasteiger partial charge on any atom is 0.172 e. The maximum atomic E-state index is 13.4. The van der Waals surface area contributed by atoms with Gasteiger partial charge in [-0.15, -0.1) is 11.3 Å². The molecule has 2 nitrogen and oxygen atoms in total. The molecule has 1 aromatic heterocycles. The summed E-state index contributed by atoms with van der Waals surface area (Å²) in [7, 11) is 0. The summed E-state index contributed by atoms with van der Waals surface area (Å²) in [5, 5.41) is 2.37. The Labute approximate surface area is 101 Å². The number of carbonyl (C=O) groups is 1. The van der Waals surface area contributed by atoms with Gasteiger partial charge in [0.05, 0.1) is 12.0 Å². The standard InChI is InChI=1S/C12H9F2NOS/c1-7-4-8(10(14)5-9(7)13)11(16)6-12-15-2-3-17-12/h2-5H,6H2,1H3. The van der Waals surface area contributed by atoms with E-state index >= 15 is 0 Å². The molecule has 2 aromatic rings. The van der Waals surface area contributed by atoms with Crippen LogP contribution in [0.4, 0.5) is 8.78 Å². The Kier molecular flexibility index (Phi) is 3.28. The SMILES string of the molecule is Cc1cc(C(=O)Cc2nccs2)c(F)cc1F. The van der Waals surface area contributed by atoms with E-state index in [-0.39, 0.29) is 23.3 Å². The molecule has 0 radical (unpaired) electrons. The molecule has 0 saturated heterocycles. The van der Waals surface area contributed by atoms with E-state index in [4.69, 9.17) is 0 Å². The number of hydrogen-bond donors (Lipinski definition) is 0. The van der Waals surface area contributed by atoms with Crippen LogP contribution >= 0.6 is 11.3 Å². The van der Waals surface area contributed by atoms with Crippen molar-refractivity contribution < 1.29 is 13.6 Å². The first-order valence-corrected chi connectivity index (χ1v) is 5.83. The lowest BCUT2D eigenvalue weighted by atomic mass is 10.0. The zero-order valence-corrected chi connectivity index (χ0v) is 9.85. The summed E-state index contributed by atoms with van der Waals surface area (Å²) < 4.78 is 26.5. The number of benzene rings is 1. The molecule has 0 fully saturated rings. The Morgan fingerprint density at radius 3 is 2.76 bits per heavy atom. The van der Waals surface area contributed by atoms with E-state index < -0.39 is 11.6 Å². The minimum absolute atomic E-state index is 0.0413. The fourth-order valence-electron chi connectivity index (χ4n) is 1.44. The first-order valence-electron chi connectivity index (χ1n) is 4.95. The Morgan fingerprint density at radius 1 is 1.35 bits per heavy atom. The van der Waals surface area contributed by atoms with Crippen LogP contribution in [-0.4, -0.2) is 10.8 Å². The first-order chi connectivity index (χ1) is 8.08. The highest BCUT2D eigenvalue weighted by Crippen LogP contribution is 2.17. The summed E-state index contributed by atoms with van der Waals surface area (Å²) in [5.74, 6) is -1.86. The molecule has 0 amide bonds. The number of halogens is 2. The molecule has 0 saturated carbocycles. The highest BCUT2D eigenvalue weighted by molar-refractivity contribution is 7.09. The number of carbonyl (C=O) groups excluding carboxylic acids is 1. The predicted molar refractivity (Wildman–Crippen MR) is 61.2 cm³/mol. The number of nitrogens with zero attached hydrogens (tertiary/aromatic N) is 1. The lowest BCUT2D eigenvalue weighted by Crippen LogP contribution is -2.07. The third-order valence-electron chi connectivity index (χ3n) is 2.34. The van der Waals surface area contributed by atoms with E-state index in [0.29, 0.717) is 5.01 Å². The van der Waals surface area contributed by atoms with Crippen molar-refractivity contribution in [3.8, 4) is 0 Å². The highest BCUT2D eigenvalue weighted by Gasteiger charge is 2.15. The van der Waals surface area contributed by atoms with Crippen molar-refractivity contribution in [2.24, 2.45) is 0 Å². The number of thiazole rings is 1. The molecular formula is C12H9F2NOS. The topological polar surface area (TPSA) is 30.0 Å². The van der Waals surface area contributed by atoms with Crippen molar-refractivity contribution in [2.75, 3.05) is 0 Å². The van der Waals surface area contributed by atoms with Gasteiger partial charge in [-0.25, -0.2) is 13.8 Å². The van der Waals surface area contributed by atoms with Crippen LogP contribution in [-0.2, 0) is 6.42 Å². The fraction of sp³-hybridized carbons (Fsp3) is 0.167. The third-order valence-corrected chi connectivity index (χ3v) is 3.12. The van der Waals surface area contributed by atoms with Gasteiger partial charge in [-0.05, 0) is 18.6 Å². The Morgan fingerprint density at radius 2 is 2.12 bits per heavy atom. The number of ketones is 1. The summed E-state index contributed by atoms with van der Waals surface area (Å²) in [6.45, 7) is 1.49. The average Bonchev–Trinajstić information content (AvgIpc) is 2.76. The molecule has 0 aliphatic heterocycles. The van der Waals surface area contributed by atoms with Crippen LogP contribution in [0.3, 0.4) is 0 Å². The highest BCUT2D eigenvalue weighted by atomic mass is 32.1. The van der Waals surface area contributed by atoms with Crippen molar-refractivity contribution in [1.82, 2.24) is 4.98 Å². The molecule has 0 spiro atoms. The lowest BCUT2D eigenvalue weighted by molar-refractivity contribution is 0.0989. The van der Waals surface area contributed by atoms with Gasteiger partial charge in [0.1, 0.15) is 16.6 Å². The van der Waals surface area contributed by atoms with Crippen molar-refractivity contribution >= 4 is 17.1 Å². The molecular weight excluding hydrogens is 244 g/mol. The van der Waals surface area contributed by atoms with Gasteiger partial charge in [0, 0.05) is 17.6 Å². The fourth-order valence-corrected chi connectivity index (χ4v) is 2.06. The molecule has 88 valence electrons. The summed E-state index contributed by atoms with van der Waals surface area (Å²) in [5.41, 5.74) is 0.174. The van der Waals surface area contributed by atoms with Gasteiger partial charge in [0.2, 0.25) is 0 Å². The molecule has 0 bridgehead atoms. The van der Waals surface area contributed by atoms with Crippen molar-refractivity contribution in [1.29, 1.82) is 0 Å². The van der Waals surface area contributed by atoms with Gasteiger partial charge in [0.15, 0.2) is 5.78 Å². The van der Waals surface area contributed by atoms with Gasteiger partial charge in [0.25, 0.3) is 0 Å². The molecule has 0 N–H and O–H groups in total. The Bertz CT molecular complexity index is 552. The van der Waals surface area contributed by atoms with Gasteiger partial charge < -0.3 is 0 Å². The molecule has 5 heteroatoms. The minimum atomic E-state index is -0.824. The van der Waals surface area contributed by atoms with E-state index in [9.17, 15) is 13.6 Å². The van der Waals surface area contributed by atoms with Crippen LogP contribution in [0.25, 0.3) is 0 Å². The molecule has 2 rings (SSSR count). The van der Waals surface area contributed by atoms with E-state index in [1.165, 1.54) is 24.3 Å². The molecule has 17 heavy (non-hydrogen) atoms. The Balaban J connectivity index is 2.28. The quantitative estimate of drug-likeness (QED) is 0.786. The predicted octanol–water partition coefficient (Wildman–Crippen LogP) is 3.16. The lowest BCUT2D eigenvalue weighted by Gasteiger charge is -2.03. The van der Waals surface area contributed by atoms with Gasteiger partial charge in [-0.2, -0.15) is 0 Å². The van der Waals surface area contributed by atoms with Crippen LogP contribution in [0.5, 0.6) is 0 Å². The minimum Gasteiger partial charge on any atom is -0.294 e. The summed E-state index contributed by atoms with van der Waals surface area (Å²) >= 11 is 1.33. The van der Waals surface area contributed by atoms with E-state index in [0.717, 1.165) is 6.07 Å². The monoisotopic (exact) mass is 253 g/mol. The normalized spacial score (nSPS) is 10.5. The molecule has 0 aliphatic rings. The third kappa shape index (κ3) is 2.55. The van der Waals surface area contributed by atoms with Crippen LogP contribution in [0.15, 0.2) is 23.7 Å². The van der Waals surface area contributed by atoms with Gasteiger partial charge in [-0.3, -0.25) is 4.79 Å². The number of Topliss-reactive ketones (excluding diaryl/α,β-unsaturated/α-hetero) is 1. The number of aryl methyl sites for hydroxylation is 1. The zero-order chi connectivity index (χ0) is 12.4. The van der Waals surface area contributed by atoms with Crippen LogP contribution in [0.2, 0.25) is 0 Å². The van der Waals surface area contributed by atoms with E-state index in [2.05, 4.69) is 4.98 Å². The molecule has 0 atom stereocenters. The second-order valence-corrected chi connectivity index (χ2v) is 4.59. The summed E-state index contributed by atoms with van der Waals surface area (Å²) in [4.78, 5) is 15.8. The van der Waals surface area contributed by atoms with E-state index in [1.54, 1.807) is 11.6 Å². The van der Waals surface area contributed by atoms with Crippen LogP contribution < -0.4 is 0 Å². The second-order valence-electron chi connectivity index (χ2n) is 3.61. The maximum absolute atomic E-state index is 13.4. The van der Waals surface area contributed by atoms with Crippen LogP contribution in [0, 0.1) is 18.6 Å². The van der Waals surface area contributed by atoms with Gasteiger partial charge in [-0.1, -0.05) is 0 Å². The second kappa shape index (κ2) is 4.71. The zero-order valence-electron chi connectivity index (χ0n) is 9.04.